The number of rotatable bonds is 3. The van der Waals surface area contributed by atoms with Gasteiger partial charge in [0.25, 0.3) is 0 Å². The van der Waals surface area contributed by atoms with Gasteiger partial charge in [-0.05, 0) is 62.4 Å². The molecule has 2 rings (SSSR count). The summed E-state index contributed by atoms with van der Waals surface area (Å²) in [5, 5.41) is 12.5. The molecule has 17 heavy (non-hydrogen) atoms. The van der Waals surface area contributed by atoms with Crippen LogP contribution in [0.1, 0.15) is 24.8 Å². The van der Waals surface area contributed by atoms with Crippen LogP contribution in [0, 0.1) is 17.2 Å². The minimum absolute atomic E-state index is 0.189. The van der Waals surface area contributed by atoms with Crippen molar-refractivity contribution >= 4 is 31.9 Å². The molecular formula is C13H14Br2N2. The first-order valence-electron chi connectivity index (χ1n) is 5.77. The van der Waals surface area contributed by atoms with Crippen LogP contribution in [0.4, 0.5) is 0 Å². The van der Waals surface area contributed by atoms with Crippen molar-refractivity contribution in [3.8, 4) is 6.07 Å². The first kappa shape index (κ1) is 13.1. The largest absolute Gasteiger partial charge is 0.309 e. The third-order valence-electron chi connectivity index (χ3n) is 3.23. The van der Waals surface area contributed by atoms with Crippen LogP contribution in [-0.4, -0.2) is 6.04 Å². The molecule has 0 spiro atoms. The summed E-state index contributed by atoms with van der Waals surface area (Å²) < 4.78 is 2.14. The SMILES string of the molecule is N#CC1CCCC1NCc1ccc(Br)c(Br)c1. The van der Waals surface area contributed by atoms with Crippen LogP contribution in [0.5, 0.6) is 0 Å². The number of benzene rings is 1. The Hall–Kier alpha value is -0.370. The van der Waals surface area contributed by atoms with Crippen molar-refractivity contribution in [2.45, 2.75) is 31.8 Å². The highest BCUT2D eigenvalue weighted by Crippen LogP contribution is 2.26. The topological polar surface area (TPSA) is 35.8 Å². The fraction of sp³-hybridized carbons (Fsp3) is 0.462. The number of nitriles is 1. The summed E-state index contributed by atoms with van der Waals surface area (Å²) in [4.78, 5) is 0. The lowest BCUT2D eigenvalue weighted by Crippen LogP contribution is -2.31. The second kappa shape index (κ2) is 5.99. The summed E-state index contributed by atoms with van der Waals surface area (Å²) in [7, 11) is 0. The van der Waals surface area contributed by atoms with E-state index < -0.39 is 0 Å². The van der Waals surface area contributed by atoms with E-state index in [2.05, 4.69) is 55.4 Å². The summed E-state index contributed by atoms with van der Waals surface area (Å²) in [6.45, 7) is 0.828. The van der Waals surface area contributed by atoms with Crippen LogP contribution in [0.15, 0.2) is 27.1 Å². The molecule has 4 heteroatoms. The van der Waals surface area contributed by atoms with Gasteiger partial charge in [-0.15, -0.1) is 0 Å². The minimum Gasteiger partial charge on any atom is -0.309 e. The Morgan fingerprint density at radius 2 is 2.12 bits per heavy atom. The molecular weight excluding hydrogens is 344 g/mol. The number of hydrogen-bond donors (Lipinski definition) is 1. The van der Waals surface area contributed by atoms with Gasteiger partial charge in [-0.2, -0.15) is 5.26 Å². The van der Waals surface area contributed by atoms with Crippen molar-refractivity contribution in [2.24, 2.45) is 5.92 Å². The number of hydrogen-bond acceptors (Lipinski definition) is 2. The van der Waals surface area contributed by atoms with Crippen molar-refractivity contribution in [3.05, 3.63) is 32.7 Å². The molecule has 0 amide bonds. The Morgan fingerprint density at radius 3 is 2.82 bits per heavy atom. The molecule has 0 bridgehead atoms. The third-order valence-corrected chi connectivity index (χ3v) is 5.11. The van der Waals surface area contributed by atoms with E-state index in [-0.39, 0.29) is 5.92 Å². The maximum absolute atomic E-state index is 9.01. The maximum Gasteiger partial charge on any atom is 0.0672 e. The van der Waals surface area contributed by atoms with Gasteiger partial charge in [-0.1, -0.05) is 12.5 Å². The zero-order valence-corrected chi connectivity index (χ0v) is 12.6. The van der Waals surface area contributed by atoms with Gasteiger partial charge in [0.05, 0.1) is 12.0 Å². The predicted molar refractivity (Wildman–Crippen MR) is 75.4 cm³/mol. The molecule has 0 radical (unpaired) electrons. The Morgan fingerprint density at radius 1 is 1.29 bits per heavy atom. The molecule has 1 aliphatic carbocycles. The molecule has 0 heterocycles. The molecule has 0 aliphatic heterocycles. The lowest BCUT2D eigenvalue weighted by atomic mass is 10.1. The number of halogens is 2. The average Bonchev–Trinajstić information content (AvgIpc) is 2.78. The highest BCUT2D eigenvalue weighted by molar-refractivity contribution is 9.13. The zero-order chi connectivity index (χ0) is 12.3. The summed E-state index contributed by atoms with van der Waals surface area (Å²) >= 11 is 6.96. The van der Waals surface area contributed by atoms with Gasteiger partial charge >= 0.3 is 0 Å². The van der Waals surface area contributed by atoms with Crippen molar-refractivity contribution in [3.63, 3.8) is 0 Å². The minimum atomic E-state index is 0.189. The van der Waals surface area contributed by atoms with Crippen molar-refractivity contribution in [1.82, 2.24) is 5.32 Å². The number of nitrogens with zero attached hydrogens (tertiary/aromatic N) is 1. The molecule has 2 nitrogen and oxygen atoms in total. The summed E-state index contributed by atoms with van der Waals surface area (Å²) in [6, 6.07) is 8.99. The molecule has 1 N–H and O–H groups in total. The quantitative estimate of drug-likeness (QED) is 0.887. The Labute approximate surface area is 119 Å². The van der Waals surface area contributed by atoms with Gasteiger partial charge in [0.1, 0.15) is 0 Å². The van der Waals surface area contributed by atoms with E-state index >= 15 is 0 Å². The fourth-order valence-corrected chi connectivity index (χ4v) is 2.93. The maximum atomic E-state index is 9.01. The fourth-order valence-electron chi connectivity index (χ4n) is 2.26. The smallest absolute Gasteiger partial charge is 0.0672 e. The van der Waals surface area contributed by atoms with E-state index in [9.17, 15) is 0 Å². The average molecular weight is 358 g/mol. The van der Waals surface area contributed by atoms with Crippen LogP contribution in [0.2, 0.25) is 0 Å². The van der Waals surface area contributed by atoms with Crippen molar-refractivity contribution in [1.29, 1.82) is 5.26 Å². The summed E-state index contributed by atoms with van der Waals surface area (Å²) in [5.74, 6) is 0.189. The predicted octanol–water partition coefficient (Wildman–Crippen LogP) is 3.99. The van der Waals surface area contributed by atoms with E-state index in [4.69, 9.17) is 5.26 Å². The van der Waals surface area contributed by atoms with Gasteiger partial charge in [0.15, 0.2) is 0 Å². The highest BCUT2D eigenvalue weighted by Gasteiger charge is 2.26. The second-order valence-electron chi connectivity index (χ2n) is 4.40. The summed E-state index contributed by atoms with van der Waals surface area (Å²) in [5.41, 5.74) is 1.24. The van der Waals surface area contributed by atoms with Crippen molar-refractivity contribution < 1.29 is 0 Å². The van der Waals surface area contributed by atoms with Crippen LogP contribution < -0.4 is 5.32 Å². The molecule has 1 aromatic rings. The van der Waals surface area contributed by atoms with E-state index in [0.29, 0.717) is 6.04 Å². The Bertz CT molecular complexity index is 440. The normalized spacial score (nSPS) is 23.6. The van der Waals surface area contributed by atoms with Crippen LogP contribution >= 0.6 is 31.9 Å². The van der Waals surface area contributed by atoms with Crippen LogP contribution in [-0.2, 0) is 6.54 Å². The third kappa shape index (κ3) is 3.31. The van der Waals surface area contributed by atoms with E-state index in [1.807, 2.05) is 6.07 Å². The van der Waals surface area contributed by atoms with Crippen LogP contribution in [0.25, 0.3) is 0 Å². The van der Waals surface area contributed by atoms with Gasteiger partial charge < -0.3 is 5.32 Å². The van der Waals surface area contributed by atoms with E-state index in [0.717, 1.165) is 28.3 Å². The molecule has 1 aliphatic rings. The van der Waals surface area contributed by atoms with Crippen molar-refractivity contribution in [2.75, 3.05) is 0 Å². The molecule has 1 aromatic carbocycles. The molecule has 0 saturated heterocycles. The molecule has 0 aromatic heterocycles. The monoisotopic (exact) mass is 356 g/mol. The molecule has 1 saturated carbocycles. The molecule has 2 atom stereocenters. The zero-order valence-electron chi connectivity index (χ0n) is 9.42. The highest BCUT2D eigenvalue weighted by atomic mass is 79.9. The van der Waals surface area contributed by atoms with Gasteiger partial charge in [-0.3, -0.25) is 0 Å². The van der Waals surface area contributed by atoms with E-state index in [1.165, 1.54) is 12.0 Å². The standard InChI is InChI=1S/C13H14Br2N2/c14-11-5-4-9(6-12(11)15)8-17-13-3-1-2-10(13)7-16/h4-6,10,13,17H,1-3,8H2. The van der Waals surface area contributed by atoms with E-state index in [1.54, 1.807) is 0 Å². The van der Waals surface area contributed by atoms with Gasteiger partial charge in [0.2, 0.25) is 0 Å². The second-order valence-corrected chi connectivity index (χ2v) is 6.11. The summed E-state index contributed by atoms with van der Waals surface area (Å²) in [6.07, 6.45) is 3.33. The molecule has 90 valence electrons. The lowest BCUT2D eigenvalue weighted by Gasteiger charge is -2.15. The molecule has 1 fully saturated rings. The lowest BCUT2D eigenvalue weighted by molar-refractivity contribution is 0.464. The Balaban J connectivity index is 1.93. The molecule has 2 unspecified atom stereocenters. The van der Waals surface area contributed by atoms with Gasteiger partial charge in [-0.25, -0.2) is 0 Å². The number of nitrogens with one attached hydrogen (secondary N) is 1. The van der Waals surface area contributed by atoms with Crippen LogP contribution in [0.3, 0.4) is 0 Å². The first-order valence-corrected chi connectivity index (χ1v) is 7.36. The van der Waals surface area contributed by atoms with Gasteiger partial charge in [0, 0.05) is 21.5 Å². The first-order chi connectivity index (χ1) is 8.20. The Kier molecular flexibility index (Phi) is 4.61.